The maximum atomic E-state index is 13.0. The highest BCUT2D eigenvalue weighted by Gasteiger charge is 2.22. The Kier molecular flexibility index (Phi) is 4.88. The first-order chi connectivity index (χ1) is 13.6. The number of hydrogen-bond donors (Lipinski definition) is 1. The summed E-state index contributed by atoms with van der Waals surface area (Å²) < 4.78 is 14.7. The number of nitrogens with one attached hydrogen (secondary N) is 1. The molecule has 0 unspecified atom stereocenters. The number of piperazine rings is 1. The van der Waals surface area contributed by atoms with Gasteiger partial charge in [0.1, 0.15) is 18.0 Å². The minimum Gasteiger partial charge on any atom is -0.353 e. The predicted octanol–water partition coefficient (Wildman–Crippen LogP) is 2.46. The molecule has 0 spiro atoms. The summed E-state index contributed by atoms with van der Waals surface area (Å²) in [6, 6.07) is 9.34. The van der Waals surface area contributed by atoms with Gasteiger partial charge in [0, 0.05) is 44.1 Å². The van der Waals surface area contributed by atoms with Crippen molar-refractivity contribution < 1.29 is 9.18 Å². The van der Waals surface area contributed by atoms with E-state index in [4.69, 9.17) is 0 Å². The summed E-state index contributed by atoms with van der Waals surface area (Å²) in [5.41, 5.74) is 1.49. The summed E-state index contributed by atoms with van der Waals surface area (Å²) in [5.74, 6) is 1.17. The summed E-state index contributed by atoms with van der Waals surface area (Å²) >= 11 is 0. The molecule has 28 heavy (non-hydrogen) atoms. The molecule has 4 rings (SSSR count). The van der Waals surface area contributed by atoms with Gasteiger partial charge >= 0.3 is 6.03 Å². The van der Waals surface area contributed by atoms with Gasteiger partial charge in [0.25, 0.3) is 0 Å². The standard InChI is InChI=1S/C19H20FN7O/c1-14-6-7-27(24-14)18-12-17(21-13-22-18)25-8-10-26(11-9-25)19(28)23-16-4-2-15(20)3-5-16/h2-7,12-13H,8-11H2,1H3,(H,23,28). The Bertz CT molecular complexity index is 964. The van der Waals surface area contributed by atoms with E-state index in [1.165, 1.54) is 18.5 Å². The normalized spacial score (nSPS) is 14.2. The number of aryl methyl sites for hydroxylation is 1. The molecule has 3 heterocycles. The van der Waals surface area contributed by atoms with Crippen LogP contribution in [0, 0.1) is 12.7 Å². The molecule has 2 amide bonds. The van der Waals surface area contributed by atoms with Gasteiger partial charge in [-0.15, -0.1) is 0 Å². The summed E-state index contributed by atoms with van der Waals surface area (Å²) in [6.45, 7) is 4.37. The third kappa shape index (κ3) is 3.93. The molecule has 9 heteroatoms. The lowest BCUT2D eigenvalue weighted by molar-refractivity contribution is 0.208. The van der Waals surface area contributed by atoms with E-state index in [2.05, 4.69) is 25.3 Å². The molecular formula is C19H20FN7O. The monoisotopic (exact) mass is 381 g/mol. The molecule has 0 bridgehead atoms. The highest BCUT2D eigenvalue weighted by atomic mass is 19.1. The SMILES string of the molecule is Cc1ccn(-c2cc(N3CCN(C(=O)Nc4ccc(F)cc4)CC3)ncn2)n1. The first-order valence-corrected chi connectivity index (χ1v) is 8.99. The zero-order valence-corrected chi connectivity index (χ0v) is 15.4. The molecule has 0 radical (unpaired) electrons. The number of rotatable bonds is 3. The minimum absolute atomic E-state index is 0.193. The number of nitrogens with zero attached hydrogens (tertiary/aromatic N) is 6. The van der Waals surface area contributed by atoms with E-state index in [1.54, 1.807) is 21.7 Å². The fourth-order valence-electron chi connectivity index (χ4n) is 3.05. The van der Waals surface area contributed by atoms with E-state index in [1.807, 2.05) is 25.3 Å². The van der Waals surface area contributed by atoms with E-state index in [-0.39, 0.29) is 11.8 Å². The van der Waals surface area contributed by atoms with E-state index >= 15 is 0 Å². The summed E-state index contributed by atoms with van der Waals surface area (Å²) in [7, 11) is 0. The van der Waals surface area contributed by atoms with Crippen molar-refractivity contribution in [1.29, 1.82) is 0 Å². The van der Waals surface area contributed by atoms with E-state index < -0.39 is 0 Å². The largest absolute Gasteiger partial charge is 0.353 e. The first kappa shape index (κ1) is 17.9. The summed E-state index contributed by atoms with van der Waals surface area (Å²) in [6.07, 6.45) is 3.38. The van der Waals surface area contributed by atoms with Crippen LogP contribution in [-0.2, 0) is 0 Å². The minimum atomic E-state index is -0.332. The number of carbonyl (C=O) groups is 1. The zero-order valence-electron chi connectivity index (χ0n) is 15.4. The molecule has 8 nitrogen and oxygen atoms in total. The number of aromatic nitrogens is 4. The lowest BCUT2D eigenvalue weighted by atomic mass is 10.3. The van der Waals surface area contributed by atoms with Crippen molar-refractivity contribution in [1.82, 2.24) is 24.6 Å². The maximum absolute atomic E-state index is 13.0. The van der Waals surface area contributed by atoms with Crippen molar-refractivity contribution in [2.45, 2.75) is 6.92 Å². The van der Waals surface area contributed by atoms with Gasteiger partial charge in [-0.2, -0.15) is 5.10 Å². The fourth-order valence-corrected chi connectivity index (χ4v) is 3.05. The van der Waals surface area contributed by atoms with Crippen molar-refractivity contribution in [3.63, 3.8) is 0 Å². The molecule has 0 atom stereocenters. The van der Waals surface area contributed by atoms with E-state index in [0.29, 0.717) is 37.7 Å². The Hall–Kier alpha value is -3.49. The van der Waals surface area contributed by atoms with Gasteiger partial charge in [-0.3, -0.25) is 0 Å². The molecule has 1 N–H and O–H groups in total. The quantitative estimate of drug-likeness (QED) is 0.754. The molecular weight excluding hydrogens is 361 g/mol. The van der Waals surface area contributed by atoms with Crippen molar-refractivity contribution in [2.24, 2.45) is 0 Å². The number of carbonyl (C=O) groups excluding carboxylic acids is 1. The Morgan fingerprint density at radius 2 is 1.75 bits per heavy atom. The predicted molar refractivity (Wildman–Crippen MR) is 103 cm³/mol. The Morgan fingerprint density at radius 1 is 1.04 bits per heavy atom. The Morgan fingerprint density at radius 3 is 2.43 bits per heavy atom. The van der Waals surface area contributed by atoms with Gasteiger partial charge < -0.3 is 15.1 Å². The summed E-state index contributed by atoms with van der Waals surface area (Å²) in [5, 5.41) is 7.16. The number of anilines is 2. The molecule has 0 aliphatic carbocycles. The van der Waals surface area contributed by atoms with Crippen molar-refractivity contribution in [3.05, 3.63) is 60.4 Å². The first-order valence-electron chi connectivity index (χ1n) is 8.99. The second-order valence-corrected chi connectivity index (χ2v) is 6.55. The lowest BCUT2D eigenvalue weighted by Crippen LogP contribution is -2.50. The smallest absolute Gasteiger partial charge is 0.321 e. The van der Waals surface area contributed by atoms with Crippen LogP contribution < -0.4 is 10.2 Å². The number of hydrogen-bond acceptors (Lipinski definition) is 5. The average Bonchev–Trinajstić information content (AvgIpc) is 3.16. The Balaban J connectivity index is 1.37. The van der Waals surface area contributed by atoms with Crippen LogP contribution in [0.3, 0.4) is 0 Å². The van der Waals surface area contributed by atoms with Gasteiger partial charge in [-0.25, -0.2) is 23.8 Å². The maximum Gasteiger partial charge on any atom is 0.321 e. The number of urea groups is 1. The molecule has 144 valence electrons. The van der Waals surface area contributed by atoms with Crippen molar-refractivity contribution in [3.8, 4) is 5.82 Å². The molecule has 1 fully saturated rings. The highest BCUT2D eigenvalue weighted by Crippen LogP contribution is 2.17. The lowest BCUT2D eigenvalue weighted by Gasteiger charge is -2.35. The van der Waals surface area contributed by atoms with E-state index in [9.17, 15) is 9.18 Å². The van der Waals surface area contributed by atoms with Crippen LogP contribution in [0.1, 0.15) is 5.69 Å². The molecule has 1 aromatic carbocycles. The number of benzene rings is 1. The van der Waals surface area contributed by atoms with Crippen LogP contribution >= 0.6 is 0 Å². The topological polar surface area (TPSA) is 79.2 Å². The van der Waals surface area contributed by atoms with Gasteiger partial charge in [0.2, 0.25) is 0 Å². The van der Waals surface area contributed by atoms with Gasteiger partial charge in [0.15, 0.2) is 5.82 Å². The third-order valence-electron chi connectivity index (χ3n) is 4.58. The fraction of sp³-hybridized carbons (Fsp3) is 0.263. The van der Waals surface area contributed by atoms with E-state index in [0.717, 1.165) is 11.5 Å². The molecule has 1 aliphatic heterocycles. The second-order valence-electron chi connectivity index (χ2n) is 6.55. The average molecular weight is 381 g/mol. The second kappa shape index (κ2) is 7.63. The number of amides is 2. The van der Waals surface area contributed by atoms with Gasteiger partial charge in [-0.05, 0) is 37.3 Å². The van der Waals surface area contributed by atoms with Crippen LogP contribution in [0.4, 0.5) is 20.7 Å². The van der Waals surface area contributed by atoms with Gasteiger partial charge in [-0.1, -0.05) is 0 Å². The molecule has 3 aromatic rings. The van der Waals surface area contributed by atoms with Crippen LogP contribution in [0.2, 0.25) is 0 Å². The Labute approximate surface area is 161 Å². The molecule has 0 saturated carbocycles. The molecule has 1 aliphatic rings. The van der Waals surface area contributed by atoms with Crippen molar-refractivity contribution >= 4 is 17.5 Å². The van der Waals surface area contributed by atoms with Gasteiger partial charge in [0.05, 0.1) is 5.69 Å². The highest BCUT2D eigenvalue weighted by molar-refractivity contribution is 5.89. The summed E-state index contributed by atoms with van der Waals surface area (Å²) in [4.78, 5) is 24.9. The van der Waals surface area contributed by atoms with Crippen LogP contribution in [0.5, 0.6) is 0 Å². The van der Waals surface area contributed by atoms with Crippen LogP contribution in [0.15, 0.2) is 48.9 Å². The van der Waals surface area contributed by atoms with Crippen molar-refractivity contribution in [2.75, 3.05) is 36.4 Å². The third-order valence-corrected chi connectivity index (χ3v) is 4.58. The van der Waals surface area contributed by atoms with Crippen LogP contribution in [0.25, 0.3) is 5.82 Å². The van der Waals surface area contributed by atoms with Crippen LogP contribution in [-0.4, -0.2) is 56.9 Å². The molecule has 1 saturated heterocycles. The molecule has 2 aromatic heterocycles. The zero-order chi connectivity index (χ0) is 19.5. The number of halogens is 1.